The number of H-pyrrole nitrogens is 1. The maximum atomic E-state index is 13.5. The van der Waals surface area contributed by atoms with Crippen LogP contribution in [0.2, 0.25) is 0 Å². The zero-order valence-corrected chi connectivity index (χ0v) is 18.2. The monoisotopic (exact) mass is 427 g/mol. The number of benzene rings is 2. The third-order valence-corrected chi connectivity index (χ3v) is 6.16. The van der Waals surface area contributed by atoms with Crippen LogP contribution in [-0.2, 0) is 17.6 Å². The van der Waals surface area contributed by atoms with E-state index in [1.807, 2.05) is 41.3 Å². The van der Waals surface area contributed by atoms with Crippen molar-refractivity contribution in [3.8, 4) is 11.5 Å². The highest BCUT2D eigenvalue weighted by molar-refractivity contribution is 5.87. The molecule has 5 rings (SSSR count). The van der Waals surface area contributed by atoms with E-state index in [9.17, 15) is 4.79 Å². The number of aromatic amines is 1. The Hall–Kier alpha value is -3.80. The number of ether oxygens (including phenoxy) is 2. The van der Waals surface area contributed by atoms with Crippen molar-refractivity contribution >= 4 is 16.8 Å². The number of amides is 1. The van der Waals surface area contributed by atoms with Crippen LogP contribution in [0.4, 0.5) is 0 Å². The summed E-state index contributed by atoms with van der Waals surface area (Å²) in [5, 5.41) is 1.20. The molecule has 4 aromatic rings. The smallest absolute Gasteiger partial charge is 0.227 e. The number of fused-ring (bicyclic) bond motifs is 3. The first-order chi connectivity index (χ1) is 15.7. The van der Waals surface area contributed by atoms with Crippen molar-refractivity contribution in [2.75, 3.05) is 20.8 Å². The first kappa shape index (κ1) is 20.1. The first-order valence-electron chi connectivity index (χ1n) is 10.7. The standard InChI is InChI=1S/C26H25N3O3/c1-31-22-11-5-9-20(26(22)32-2)25-24-19(18-8-3-4-10-21(18)28-24)12-14-29(25)23(30)15-17-7-6-13-27-16-17/h3-11,13,16,25,28H,12,14-15H2,1-2H3/t25-/m1/s1. The predicted molar refractivity (Wildman–Crippen MR) is 123 cm³/mol. The van der Waals surface area contributed by atoms with E-state index in [1.165, 1.54) is 10.9 Å². The Morgan fingerprint density at radius 3 is 2.75 bits per heavy atom. The highest BCUT2D eigenvalue weighted by atomic mass is 16.5. The minimum Gasteiger partial charge on any atom is -0.493 e. The molecule has 0 aliphatic carbocycles. The van der Waals surface area contributed by atoms with Gasteiger partial charge in [-0.1, -0.05) is 36.4 Å². The summed E-state index contributed by atoms with van der Waals surface area (Å²) in [4.78, 5) is 23.2. The summed E-state index contributed by atoms with van der Waals surface area (Å²) in [5.74, 6) is 1.34. The van der Waals surface area contributed by atoms with Gasteiger partial charge in [0, 0.05) is 41.1 Å². The number of pyridine rings is 1. The van der Waals surface area contributed by atoms with Crippen molar-refractivity contribution < 1.29 is 14.3 Å². The number of rotatable bonds is 5. The quantitative estimate of drug-likeness (QED) is 0.516. The van der Waals surface area contributed by atoms with Gasteiger partial charge in [-0.15, -0.1) is 0 Å². The van der Waals surface area contributed by atoms with Gasteiger partial charge in [0.15, 0.2) is 11.5 Å². The normalized spacial score (nSPS) is 15.4. The van der Waals surface area contributed by atoms with Crippen LogP contribution in [0.3, 0.4) is 0 Å². The van der Waals surface area contributed by atoms with Crippen LogP contribution >= 0.6 is 0 Å². The van der Waals surface area contributed by atoms with E-state index in [0.717, 1.165) is 28.8 Å². The second-order valence-electron chi connectivity index (χ2n) is 7.92. The lowest BCUT2D eigenvalue weighted by Gasteiger charge is -2.37. The number of para-hydroxylation sites is 2. The lowest BCUT2D eigenvalue weighted by molar-refractivity contribution is -0.132. The summed E-state index contributed by atoms with van der Waals surface area (Å²) in [6.07, 6.45) is 4.56. The van der Waals surface area contributed by atoms with E-state index in [2.05, 4.69) is 28.2 Å². The Morgan fingerprint density at radius 2 is 1.97 bits per heavy atom. The number of carbonyl (C=O) groups is 1. The molecule has 0 saturated carbocycles. The van der Waals surface area contributed by atoms with E-state index in [4.69, 9.17) is 9.47 Å². The Morgan fingerprint density at radius 1 is 1.09 bits per heavy atom. The zero-order chi connectivity index (χ0) is 22.1. The van der Waals surface area contributed by atoms with Crippen molar-refractivity contribution in [2.24, 2.45) is 0 Å². The highest BCUT2D eigenvalue weighted by Crippen LogP contribution is 2.44. The molecular weight excluding hydrogens is 402 g/mol. The molecule has 2 aromatic heterocycles. The van der Waals surface area contributed by atoms with Gasteiger partial charge in [-0.05, 0) is 35.7 Å². The van der Waals surface area contributed by atoms with Crippen LogP contribution in [0.5, 0.6) is 11.5 Å². The maximum Gasteiger partial charge on any atom is 0.227 e. The third kappa shape index (κ3) is 3.38. The van der Waals surface area contributed by atoms with Crippen molar-refractivity contribution in [1.82, 2.24) is 14.9 Å². The fraction of sp³-hybridized carbons (Fsp3) is 0.231. The van der Waals surface area contributed by atoms with Crippen LogP contribution in [0.25, 0.3) is 10.9 Å². The molecule has 6 heteroatoms. The lowest BCUT2D eigenvalue weighted by atomic mass is 9.91. The molecule has 1 aliphatic rings. The van der Waals surface area contributed by atoms with E-state index in [-0.39, 0.29) is 11.9 Å². The molecule has 0 fully saturated rings. The molecule has 162 valence electrons. The minimum atomic E-state index is -0.305. The van der Waals surface area contributed by atoms with Crippen LogP contribution in [0.1, 0.15) is 28.4 Å². The Labute approximate surface area is 186 Å². The zero-order valence-electron chi connectivity index (χ0n) is 18.2. The van der Waals surface area contributed by atoms with Gasteiger partial charge in [-0.3, -0.25) is 9.78 Å². The van der Waals surface area contributed by atoms with Crippen LogP contribution < -0.4 is 9.47 Å². The van der Waals surface area contributed by atoms with Gasteiger partial charge in [0.25, 0.3) is 0 Å². The number of hydrogen-bond donors (Lipinski definition) is 1. The van der Waals surface area contributed by atoms with E-state index >= 15 is 0 Å². The number of methoxy groups -OCH3 is 2. The lowest BCUT2D eigenvalue weighted by Crippen LogP contribution is -2.41. The summed E-state index contributed by atoms with van der Waals surface area (Å²) >= 11 is 0. The summed E-state index contributed by atoms with van der Waals surface area (Å²) in [7, 11) is 3.26. The van der Waals surface area contributed by atoms with Gasteiger partial charge in [0.2, 0.25) is 5.91 Å². The topological polar surface area (TPSA) is 67.5 Å². The average molecular weight is 428 g/mol. The molecule has 3 heterocycles. The van der Waals surface area contributed by atoms with Crippen molar-refractivity contribution in [3.63, 3.8) is 0 Å². The van der Waals surface area contributed by atoms with Crippen LogP contribution in [0.15, 0.2) is 67.0 Å². The molecule has 1 N–H and O–H groups in total. The fourth-order valence-corrected chi connectivity index (χ4v) is 4.74. The van der Waals surface area contributed by atoms with Crippen LogP contribution in [-0.4, -0.2) is 41.5 Å². The Bertz CT molecular complexity index is 1270. The Kier molecular flexibility index (Phi) is 5.27. The fourth-order valence-electron chi connectivity index (χ4n) is 4.74. The predicted octanol–water partition coefficient (Wildman–Crippen LogP) is 4.30. The number of aromatic nitrogens is 2. The van der Waals surface area contributed by atoms with Gasteiger partial charge >= 0.3 is 0 Å². The third-order valence-electron chi connectivity index (χ3n) is 6.16. The number of nitrogens with zero attached hydrogens (tertiary/aromatic N) is 2. The molecule has 1 atom stereocenters. The summed E-state index contributed by atoms with van der Waals surface area (Å²) in [6.45, 7) is 0.624. The molecule has 0 radical (unpaired) electrons. The molecule has 1 amide bonds. The summed E-state index contributed by atoms with van der Waals surface area (Å²) in [6, 6.07) is 17.6. The summed E-state index contributed by atoms with van der Waals surface area (Å²) < 4.78 is 11.3. The number of carbonyl (C=O) groups excluding carboxylic acids is 1. The molecule has 0 unspecified atom stereocenters. The molecule has 2 aromatic carbocycles. The van der Waals surface area contributed by atoms with E-state index < -0.39 is 0 Å². The molecule has 0 spiro atoms. The van der Waals surface area contributed by atoms with Crippen LogP contribution in [0, 0.1) is 0 Å². The van der Waals surface area contributed by atoms with E-state index in [1.54, 1.807) is 26.6 Å². The SMILES string of the molecule is COc1cccc([C@@H]2c3[nH]c4ccccc4c3CCN2C(=O)Cc2cccnc2)c1OC. The molecule has 6 nitrogen and oxygen atoms in total. The van der Waals surface area contributed by atoms with Crippen molar-refractivity contribution in [3.05, 3.63) is 89.4 Å². The Balaban J connectivity index is 1.65. The second-order valence-corrected chi connectivity index (χ2v) is 7.92. The molecule has 0 saturated heterocycles. The summed E-state index contributed by atoms with van der Waals surface area (Å²) in [5.41, 5.74) is 5.16. The molecule has 32 heavy (non-hydrogen) atoms. The second kappa shape index (κ2) is 8.38. The molecular formula is C26H25N3O3. The van der Waals surface area contributed by atoms with Crippen molar-refractivity contribution in [2.45, 2.75) is 18.9 Å². The van der Waals surface area contributed by atoms with Gasteiger partial charge in [0.05, 0.1) is 20.6 Å². The average Bonchev–Trinajstić information content (AvgIpc) is 3.22. The van der Waals surface area contributed by atoms with Gasteiger partial charge in [0.1, 0.15) is 6.04 Å². The maximum absolute atomic E-state index is 13.5. The van der Waals surface area contributed by atoms with Crippen molar-refractivity contribution in [1.29, 1.82) is 0 Å². The van der Waals surface area contributed by atoms with Gasteiger partial charge < -0.3 is 19.4 Å². The largest absolute Gasteiger partial charge is 0.493 e. The van der Waals surface area contributed by atoms with Gasteiger partial charge in [-0.2, -0.15) is 0 Å². The number of nitrogens with one attached hydrogen (secondary N) is 1. The van der Waals surface area contributed by atoms with Gasteiger partial charge in [-0.25, -0.2) is 0 Å². The molecule has 0 bridgehead atoms. The first-order valence-corrected chi connectivity index (χ1v) is 10.7. The highest BCUT2D eigenvalue weighted by Gasteiger charge is 2.36. The molecule has 1 aliphatic heterocycles. The minimum absolute atomic E-state index is 0.0529. The number of hydrogen-bond acceptors (Lipinski definition) is 4. The van der Waals surface area contributed by atoms with E-state index in [0.29, 0.717) is 24.5 Å².